The van der Waals surface area contributed by atoms with E-state index in [-0.39, 0.29) is 26.6 Å². The molecule has 0 aliphatic heterocycles. The van der Waals surface area contributed by atoms with E-state index < -0.39 is 9.84 Å². The minimum atomic E-state index is -3.28. The van der Waals surface area contributed by atoms with Crippen LogP contribution < -0.4 is 5.73 Å². The molecule has 1 rings (SSSR count). The van der Waals surface area contributed by atoms with Crippen LogP contribution in [0.2, 0.25) is 0 Å². The molecule has 1 aromatic rings. The standard InChI is InChI=1S/C8H10BrNO3S/c1-2-14(12,13)5-3-6(9)8(11)7(10)4-5/h3-4,11H,2,10H2,1H3. The molecule has 78 valence electrons. The summed E-state index contributed by atoms with van der Waals surface area (Å²) in [6.45, 7) is 1.55. The second-order valence-electron chi connectivity index (χ2n) is 2.75. The second kappa shape index (κ2) is 3.78. The van der Waals surface area contributed by atoms with Crippen molar-refractivity contribution in [3.05, 3.63) is 16.6 Å². The van der Waals surface area contributed by atoms with Crippen molar-refractivity contribution in [2.75, 3.05) is 11.5 Å². The molecule has 1 aromatic carbocycles. The summed E-state index contributed by atoms with van der Waals surface area (Å²) < 4.78 is 23.2. The molecule has 0 atom stereocenters. The number of benzene rings is 1. The number of halogens is 1. The van der Waals surface area contributed by atoms with E-state index in [2.05, 4.69) is 15.9 Å². The SMILES string of the molecule is CCS(=O)(=O)c1cc(N)c(O)c(Br)c1. The van der Waals surface area contributed by atoms with Gasteiger partial charge in [-0.1, -0.05) is 6.92 Å². The number of nitrogens with two attached hydrogens (primary N) is 1. The summed E-state index contributed by atoms with van der Waals surface area (Å²) >= 11 is 3.02. The van der Waals surface area contributed by atoms with E-state index in [9.17, 15) is 13.5 Å². The van der Waals surface area contributed by atoms with E-state index >= 15 is 0 Å². The normalized spacial score (nSPS) is 11.6. The highest BCUT2D eigenvalue weighted by molar-refractivity contribution is 9.10. The zero-order valence-corrected chi connectivity index (χ0v) is 9.89. The van der Waals surface area contributed by atoms with Gasteiger partial charge in [0.1, 0.15) is 0 Å². The fourth-order valence-electron chi connectivity index (χ4n) is 0.941. The lowest BCUT2D eigenvalue weighted by Crippen LogP contribution is -2.04. The Labute approximate surface area is 90.8 Å². The molecule has 0 unspecified atom stereocenters. The third-order valence-corrected chi connectivity index (χ3v) is 4.12. The van der Waals surface area contributed by atoms with Crippen LogP contribution in [0.3, 0.4) is 0 Å². The average Bonchev–Trinajstić information content (AvgIpc) is 2.13. The Balaban J connectivity index is 3.41. The molecule has 0 bridgehead atoms. The predicted molar refractivity (Wildman–Crippen MR) is 57.9 cm³/mol. The summed E-state index contributed by atoms with van der Waals surface area (Å²) in [7, 11) is -3.28. The van der Waals surface area contributed by atoms with Crippen LogP contribution in [0.1, 0.15) is 6.92 Å². The first-order valence-corrected chi connectivity index (χ1v) is 6.33. The number of phenols is 1. The number of nitrogen functional groups attached to an aromatic ring is 1. The van der Waals surface area contributed by atoms with Gasteiger partial charge in [0.25, 0.3) is 0 Å². The summed E-state index contributed by atoms with van der Waals surface area (Å²) in [4.78, 5) is 0.113. The Morgan fingerprint density at radius 3 is 2.50 bits per heavy atom. The number of anilines is 1. The van der Waals surface area contributed by atoms with Crippen LogP contribution in [0, 0.1) is 0 Å². The minimum absolute atomic E-state index is 0.00363. The summed E-state index contributed by atoms with van der Waals surface area (Å²) in [6.07, 6.45) is 0. The molecule has 14 heavy (non-hydrogen) atoms. The van der Waals surface area contributed by atoms with E-state index in [0.717, 1.165) is 0 Å². The first-order chi connectivity index (χ1) is 6.38. The number of hydrogen-bond donors (Lipinski definition) is 2. The molecule has 0 aliphatic rings. The number of rotatable bonds is 2. The molecule has 0 aliphatic carbocycles. The highest BCUT2D eigenvalue weighted by Crippen LogP contribution is 2.33. The third kappa shape index (κ3) is 2.01. The van der Waals surface area contributed by atoms with Crippen molar-refractivity contribution in [3.8, 4) is 5.75 Å². The molecular weight excluding hydrogens is 270 g/mol. The van der Waals surface area contributed by atoms with E-state index in [4.69, 9.17) is 5.73 Å². The molecule has 0 aromatic heterocycles. The zero-order chi connectivity index (χ0) is 10.9. The van der Waals surface area contributed by atoms with Gasteiger partial charge in [-0.25, -0.2) is 8.42 Å². The van der Waals surface area contributed by atoms with Crippen molar-refractivity contribution >= 4 is 31.5 Å². The molecule has 0 saturated carbocycles. The summed E-state index contributed by atoms with van der Waals surface area (Å²) in [5.74, 6) is -0.135. The Morgan fingerprint density at radius 2 is 2.07 bits per heavy atom. The van der Waals surface area contributed by atoms with Gasteiger partial charge in [-0.05, 0) is 28.1 Å². The van der Waals surface area contributed by atoms with Gasteiger partial charge in [-0.2, -0.15) is 0 Å². The molecule has 3 N–H and O–H groups in total. The van der Waals surface area contributed by atoms with E-state index in [1.165, 1.54) is 12.1 Å². The zero-order valence-electron chi connectivity index (χ0n) is 7.49. The fourth-order valence-corrected chi connectivity index (χ4v) is 2.50. The van der Waals surface area contributed by atoms with Crippen molar-refractivity contribution in [1.29, 1.82) is 0 Å². The largest absolute Gasteiger partial charge is 0.505 e. The average molecular weight is 280 g/mol. The van der Waals surface area contributed by atoms with Gasteiger partial charge in [0.2, 0.25) is 0 Å². The van der Waals surface area contributed by atoms with Crippen LogP contribution >= 0.6 is 15.9 Å². The first kappa shape index (κ1) is 11.3. The van der Waals surface area contributed by atoms with Crippen LogP contribution in [0.4, 0.5) is 5.69 Å². The lowest BCUT2D eigenvalue weighted by molar-refractivity contribution is 0.474. The molecule has 0 spiro atoms. The molecular formula is C8H10BrNO3S. The van der Waals surface area contributed by atoms with Gasteiger partial charge >= 0.3 is 0 Å². The molecule has 0 saturated heterocycles. The maximum Gasteiger partial charge on any atom is 0.178 e. The summed E-state index contributed by atoms with van der Waals surface area (Å²) in [5, 5.41) is 9.30. The molecule has 0 radical (unpaired) electrons. The topological polar surface area (TPSA) is 80.4 Å². The fraction of sp³-hybridized carbons (Fsp3) is 0.250. The van der Waals surface area contributed by atoms with Gasteiger partial charge in [-0.15, -0.1) is 0 Å². The van der Waals surface area contributed by atoms with Gasteiger partial charge in [0, 0.05) is 0 Å². The molecule has 0 amide bonds. The van der Waals surface area contributed by atoms with Crippen LogP contribution in [0.25, 0.3) is 0 Å². The number of phenolic OH excluding ortho intramolecular Hbond substituents is 1. The van der Waals surface area contributed by atoms with Crippen LogP contribution in [-0.4, -0.2) is 19.3 Å². The van der Waals surface area contributed by atoms with Crippen LogP contribution in [0.5, 0.6) is 5.75 Å². The number of aromatic hydroxyl groups is 1. The van der Waals surface area contributed by atoms with Gasteiger partial charge in [-0.3, -0.25) is 0 Å². The third-order valence-electron chi connectivity index (χ3n) is 1.81. The van der Waals surface area contributed by atoms with Crippen molar-refractivity contribution in [3.63, 3.8) is 0 Å². The Morgan fingerprint density at radius 1 is 1.50 bits per heavy atom. The monoisotopic (exact) mass is 279 g/mol. The second-order valence-corrected chi connectivity index (χ2v) is 5.88. The van der Waals surface area contributed by atoms with Crippen molar-refractivity contribution in [2.45, 2.75) is 11.8 Å². The van der Waals surface area contributed by atoms with Crippen molar-refractivity contribution in [2.24, 2.45) is 0 Å². The van der Waals surface area contributed by atoms with Crippen LogP contribution in [-0.2, 0) is 9.84 Å². The van der Waals surface area contributed by atoms with Gasteiger partial charge < -0.3 is 10.8 Å². The lowest BCUT2D eigenvalue weighted by Gasteiger charge is -2.06. The highest BCUT2D eigenvalue weighted by Gasteiger charge is 2.15. The quantitative estimate of drug-likeness (QED) is 0.636. The molecule has 4 nitrogen and oxygen atoms in total. The Kier molecular flexibility index (Phi) is 3.06. The molecule has 6 heteroatoms. The van der Waals surface area contributed by atoms with E-state index in [0.29, 0.717) is 0 Å². The predicted octanol–water partition coefficient (Wildman–Crippen LogP) is 1.53. The van der Waals surface area contributed by atoms with Crippen molar-refractivity contribution < 1.29 is 13.5 Å². The van der Waals surface area contributed by atoms with Gasteiger partial charge in [0.05, 0.1) is 20.8 Å². The smallest absolute Gasteiger partial charge is 0.178 e. The van der Waals surface area contributed by atoms with E-state index in [1.807, 2.05) is 0 Å². The molecule has 0 heterocycles. The van der Waals surface area contributed by atoms with Crippen molar-refractivity contribution in [1.82, 2.24) is 0 Å². The first-order valence-electron chi connectivity index (χ1n) is 3.89. The minimum Gasteiger partial charge on any atom is -0.505 e. The number of sulfone groups is 1. The Bertz CT molecular complexity index is 433. The summed E-state index contributed by atoms with van der Waals surface area (Å²) in [6, 6.07) is 2.59. The van der Waals surface area contributed by atoms with Gasteiger partial charge in [0.15, 0.2) is 15.6 Å². The lowest BCUT2D eigenvalue weighted by atomic mass is 10.3. The Hall–Kier alpha value is -0.750. The summed E-state index contributed by atoms with van der Waals surface area (Å²) in [5.41, 5.74) is 5.48. The maximum atomic E-state index is 11.5. The number of hydrogen-bond acceptors (Lipinski definition) is 4. The highest BCUT2D eigenvalue weighted by atomic mass is 79.9. The van der Waals surface area contributed by atoms with E-state index in [1.54, 1.807) is 6.92 Å². The van der Waals surface area contributed by atoms with Crippen LogP contribution in [0.15, 0.2) is 21.5 Å². The maximum absolute atomic E-state index is 11.5. The molecule has 0 fully saturated rings.